The fourth-order valence-corrected chi connectivity index (χ4v) is 14.4. The summed E-state index contributed by atoms with van der Waals surface area (Å²) in [5.74, 6) is 0.874. The summed E-state index contributed by atoms with van der Waals surface area (Å²) in [5, 5.41) is 6.41. The first kappa shape index (κ1) is 39.2. The normalized spacial score (nSPS) is 15.3. The number of rotatable bonds is 6. The maximum Gasteiger partial charge on any atom is 0.160 e. The number of hydrogen-bond donors (Lipinski definition) is 0. The van der Waals surface area contributed by atoms with E-state index in [1.807, 2.05) is 34.0 Å². The molecule has 0 bridgehead atoms. The molecule has 0 N–H and O–H groups in total. The van der Waals surface area contributed by atoms with Gasteiger partial charge in [0.05, 0.1) is 11.4 Å². The van der Waals surface area contributed by atoms with E-state index in [0.29, 0.717) is 0 Å². The first-order valence-electron chi connectivity index (χ1n) is 23.4. The smallest absolute Gasteiger partial charge is 0.160 e. The largest absolute Gasteiger partial charge is 0.228 e. The molecule has 11 aromatic rings. The Morgan fingerprint density at radius 1 is 0.493 bits per heavy atom. The fourth-order valence-electron chi connectivity index (χ4n) is 11.0. The highest BCUT2D eigenvalue weighted by atomic mass is 32.1. The zero-order chi connectivity index (χ0) is 44.0. The second-order valence-corrected chi connectivity index (χ2v) is 21.5. The Labute approximate surface area is 401 Å². The molecule has 2 nitrogen and oxygen atoms in total. The van der Waals surface area contributed by atoms with E-state index in [1.54, 1.807) is 5.56 Å². The van der Waals surface area contributed by atoms with Gasteiger partial charge in [0.15, 0.2) is 5.82 Å². The third-order valence-electron chi connectivity index (χ3n) is 14.2. The summed E-state index contributed by atoms with van der Waals surface area (Å²) in [6.07, 6.45) is 17.3. The highest BCUT2D eigenvalue weighted by Gasteiger charge is 2.30. The minimum atomic E-state index is 0.137. The van der Waals surface area contributed by atoms with Gasteiger partial charge in [0.2, 0.25) is 0 Å². The summed E-state index contributed by atoms with van der Waals surface area (Å²) in [6.45, 7) is 0. The average Bonchev–Trinajstić information content (AvgIpc) is 4.09. The number of benzene rings is 7. The zero-order valence-corrected chi connectivity index (χ0v) is 39.1. The number of fused-ring (bicyclic) bond motifs is 10. The molecule has 1 unspecified atom stereocenters. The maximum atomic E-state index is 5.67. The molecule has 0 spiro atoms. The van der Waals surface area contributed by atoms with Crippen molar-refractivity contribution in [3.05, 3.63) is 212 Å². The van der Waals surface area contributed by atoms with Crippen LogP contribution in [0.25, 0.3) is 110 Å². The van der Waals surface area contributed by atoms with Gasteiger partial charge in [-0.3, -0.25) is 0 Å². The zero-order valence-electron chi connectivity index (χ0n) is 36.6. The van der Waals surface area contributed by atoms with Crippen molar-refractivity contribution in [3.8, 4) is 45.0 Å². The summed E-state index contributed by atoms with van der Waals surface area (Å²) in [5.41, 5.74) is 16.1. The molecular weight excluding hydrogens is 869 g/mol. The lowest BCUT2D eigenvalue weighted by Crippen LogP contribution is -2.11. The van der Waals surface area contributed by atoms with Crippen molar-refractivity contribution < 1.29 is 0 Å². The van der Waals surface area contributed by atoms with E-state index >= 15 is 0 Å². The fraction of sp³-hybridized carbons (Fsp3) is 0.0968. The van der Waals surface area contributed by atoms with Crippen LogP contribution in [0.1, 0.15) is 61.2 Å². The summed E-state index contributed by atoms with van der Waals surface area (Å²) in [6, 6.07) is 58.2. The summed E-state index contributed by atoms with van der Waals surface area (Å²) in [7, 11) is 0. The van der Waals surface area contributed by atoms with Gasteiger partial charge in [-0.15, -0.1) is 34.0 Å². The SMILES string of the molecule is C1=Cc2sc3c(c2CC1)CC(c1cc(-c2ccc4sc5ccccc5c4c2)cc(C2=Cc4c(sc5ccccc45)CC2)c1-c1cc(-c2ccc4ccccc4c2)nc(-c2ccccc2)n1)C=C3. The number of hydrogen-bond acceptors (Lipinski definition) is 5. The molecule has 67 heavy (non-hydrogen) atoms. The highest BCUT2D eigenvalue weighted by molar-refractivity contribution is 7.25. The molecule has 14 rings (SSSR count). The van der Waals surface area contributed by atoms with Crippen LogP contribution in [0.4, 0.5) is 0 Å². The molecule has 0 radical (unpaired) electrons. The van der Waals surface area contributed by atoms with E-state index in [2.05, 4.69) is 188 Å². The quantitative estimate of drug-likeness (QED) is 0.166. The van der Waals surface area contributed by atoms with Crippen LogP contribution in [-0.2, 0) is 19.3 Å². The summed E-state index contributed by atoms with van der Waals surface area (Å²) >= 11 is 5.79. The maximum absolute atomic E-state index is 5.67. The molecular formula is C62H42N2S3. The third-order valence-corrected chi connectivity index (χ3v) is 17.9. The third kappa shape index (κ3) is 6.71. The van der Waals surface area contributed by atoms with Gasteiger partial charge in [0.1, 0.15) is 0 Å². The molecule has 3 aliphatic carbocycles. The number of aryl methyl sites for hydroxylation is 1. The molecule has 5 heteroatoms. The van der Waals surface area contributed by atoms with Gasteiger partial charge in [0.25, 0.3) is 0 Å². The van der Waals surface area contributed by atoms with Crippen LogP contribution < -0.4 is 0 Å². The van der Waals surface area contributed by atoms with E-state index in [-0.39, 0.29) is 5.92 Å². The topological polar surface area (TPSA) is 25.8 Å². The van der Waals surface area contributed by atoms with E-state index < -0.39 is 0 Å². The first-order chi connectivity index (χ1) is 33.1. The van der Waals surface area contributed by atoms with Gasteiger partial charge in [-0.2, -0.15) is 0 Å². The number of nitrogens with zero attached hydrogens (tertiary/aromatic N) is 2. The Bertz CT molecular complexity index is 3910. The van der Waals surface area contributed by atoms with Crippen molar-refractivity contribution in [1.29, 1.82) is 0 Å². The highest BCUT2D eigenvalue weighted by Crippen LogP contribution is 2.49. The molecule has 4 aromatic heterocycles. The van der Waals surface area contributed by atoms with Crippen molar-refractivity contribution in [2.24, 2.45) is 0 Å². The van der Waals surface area contributed by atoms with Crippen LogP contribution in [-0.4, -0.2) is 9.97 Å². The molecule has 0 amide bonds. The van der Waals surface area contributed by atoms with Gasteiger partial charge in [-0.25, -0.2) is 9.97 Å². The second-order valence-electron chi connectivity index (χ2n) is 18.2. The van der Waals surface area contributed by atoms with Gasteiger partial charge in [0, 0.05) is 62.1 Å². The lowest BCUT2D eigenvalue weighted by Gasteiger charge is -2.27. The molecule has 0 aliphatic heterocycles. The van der Waals surface area contributed by atoms with Gasteiger partial charge >= 0.3 is 0 Å². The monoisotopic (exact) mass is 910 g/mol. The van der Waals surface area contributed by atoms with Crippen molar-refractivity contribution in [3.63, 3.8) is 0 Å². The molecule has 318 valence electrons. The number of thiophene rings is 3. The molecule has 0 saturated heterocycles. The lowest BCUT2D eigenvalue weighted by molar-refractivity contribution is 0.814. The van der Waals surface area contributed by atoms with Gasteiger partial charge < -0.3 is 0 Å². The average molecular weight is 911 g/mol. The lowest BCUT2D eigenvalue weighted by atomic mass is 9.77. The number of allylic oxidation sites excluding steroid dienone is 3. The molecule has 1 atom stereocenters. The molecule has 0 saturated carbocycles. The molecule has 0 fully saturated rings. The van der Waals surface area contributed by atoms with Crippen molar-refractivity contribution in [2.45, 2.75) is 38.0 Å². The summed E-state index contributed by atoms with van der Waals surface area (Å²) in [4.78, 5) is 15.4. The van der Waals surface area contributed by atoms with E-state index in [0.717, 1.165) is 60.4 Å². The predicted molar refractivity (Wildman–Crippen MR) is 289 cm³/mol. The van der Waals surface area contributed by atoms with Crippen LogP contribution >= 0.6 is 34.0 Å². The van der Waals surface area contributed by atoms with Crippen LogP contribution in [0.15, 0.2) is 170 Å². The van der Waals surface area contributed by atoms with Crippen LogP contribution in [0.3, 0.4) is 0 Å². The van der Waals surface area contributed by atoms with Crippen molar-refractivity contribution in [2.75, 3.05) is 0 Å². The molecule has 7 aromatic carbocycles. The molecule has 4 heterocycles. The van der Waals surface area contributed by atoms with E-state index in [1.165, 1.54) is 100 Å². The number of aromatic nitrogens is 2. The Morgan fingerprint density at radius 2 is 1.25 bits per heavy atom. The Balaban J connectivity index is 1.06. The minimum absolute atomic E-state index is 0.137. The van der Waals surface area contributed by atoms with Crippen molar-refractivity contribution >= 4 is 98.8 Å². The molecule has 3 aliphatic rings. The second kappa shape index (κ2) is 15.8. The standard InChI is InChI=1S/C62H42N2S3/c1-2-13-38(14-3-1)62-63-53(43-23-22-37-12-4-5-15-39(37)30-43)36-54(64-62)61-48(41-25-28-59-51(32-41)46-17-7-10-20-56(46)66-59)34-44(40-24-27-58-50(31-40)45-16-6-9-19-55(45)65-58)35-49(61)42-26-29-60-52(33-42)47-18-8-11-21-57(47)67-60/h1-7,9-17,19-24,26-27,29-32,34-36,42H,8,18,25,28,33H2. The minimum Gasteiger partial charge on any atom is -0.228 e. The van der Waals surface area contributed by atoms with Gasteiger partial charge in [-0.1, -0.05) is 121 Å². The van der Waals surface area contributed by atoms with Crippen molar-refractivity contribution in [1.82, 2.24) is 9.97 Å². The van der Waals surface area contributed by atoms with Crippen LogP contribution in [0, 0.1) is 0 Å². The summed E-state index contributed by atoms with van der Waals surface area (Å²) < 4.78 is 4.01. The predicted octanol–water partition coefficient (Wildman–Crippen LogP) is 17.7. The van der Waals surface area contributed by atoms with E-state index in [4.69, 9.17) is 9.97 Å². The Hall–Kier alpha value is -7.02. The van der Waals surface area contributed by atoms with Crippen LogP contribution in [0.5, 0.6) is 0 Å². The van der Waals surface area contributed by atoms with E-state index in [9.17, 15) is 0 Å². The first-order valence-corrected chi connectivity index (χ1v) is 25.8. The Morgan fingerprint density at radius 3 is 2.16 bits per heavy atom. The Kier molecular flexibility index (Phi) is 9.25. The van der Waals surface area contributed by atoms with Gasteiger partial charge in [-0.05, 0) is 160 Å². The van der Waals surface area contributed by atoms with Crippen LogP contribution in [0.2, 0.25) is 0 Å².